The molecule has 152 valence electrons. The average Bonchev–Trinajstić information content (AvgIpc) is 2.74. The van der Waals surface area contributed by atoms with Gasteiger partial charge in [-0.3, -0.25) is 4.79 Å². The fraction of sp³-hybridized carbons (Fsp3) is 0.364. The highest BCUT2D eigenvalue weighted by Gasteiger charge is 2.31. The van der Waals surface area contributed by atoms with Crippen molar-refractivity contribution in [1.29, 1.82) is 5.26 Å². The van der Waals surface area contributed by atoms with E-state index in [1.54, 1.807) is 37.4 Å². The van der Waals surface area contributed by atoms with E-state index in [0.717, 1.165) is 31.7 Å². The van der Waals surface area contributed by atoms with Crippen LogP contribution in [0.15, 0.2) is 42.5 Å². The Bertz CT molecular complexity index is 904. The minimum absolute atomic E-state index is 0.0852. The summed E-state index contributed by atoms with van der Waals surface area (Å²) in [6.45, 7) is 6.09. The number of benzene rings is 2. The second-order valence-corrected chi connectivity index (χ2v) is 7.41. The van der Waals surface area contributed by atoms with Gasteiger partial charge >= 0.3 is 0 Å². The molecule has 1 heterocycles. The molecule has 1 aliphatic rings. The molecule has 3 rings (SSSR count). The van der Waals surface area contributed by atoms with Crippen LogP contribution in [0.5, 0.6) is 5.75 Å². The number of piperazine rings is 1. The van der Waals surface area contributed by atoms with Gasteiger partial charge in [0.1, 0.15) is 50.4 Å². The Morgan fingerprint density at radius 1 is 1.24 bits per heavy atom. The van der Waals surface area contributed by atoms with Gasteiger partial charge < -0.3 is 19.9 Å². The van der Waals surface area contributed by atoms with Crippen LogP contribution in [0.4, 0.5) is 10.1 Å². The molecular formula is C22H27FN4O2+2. The molecule has 0 saturated carbocycles. The summed E-state index contributed by atoms with van der Waals surface area (Å²) in [5, 5.41) is 12.1. The summed E-state index contributed by atoms with van der Waals surface area (Å²) in [4.78, 5) is 15.2. The van der Waals surface area contributed by atoms with Crippen molar-refractivity contribution in [3.05, 3.63) is 59.4 Å². The lowest BCUT2D eigenvalue weighted by Crippen LogP contribution is -3.29. The molecule has 0 spiro atoms. The molecule has 0 aromatic heterocycles. The van der Waals surface area contributed by atoms with Crippen LogP contribution in [0.3, 0.4) is 0 Å². The van der Waals surface area contributed by atoms with Crippen LogP contribution in [0.2, 0.25) is 0 Å². The summed E-state index contributed by atoms with van der Waals surface area (Å²) in [7, 11) is 1.60. The number of amides is 1. The van der Waals surface area contributed by atoms with Gasteiger partial charge in [0.25, 0.3) is 5.91 Å². The highest BCUT2D eigenvalue weighted by Crippen LogP contribution is 2.18. The van der Waals surface area contributed by atoms with Crippen molar-refractivity contribution in [1.82, 2.24) is 0 Å². The van der Waals surface area contributed by atoms with Crippen molar-refractivity contribution in [2.45, 2.75) is 19.5 Å². The molecule has 2 aromatic carbocycles. The number of halogens is 1. The summed E-state index contributed by atoms with van der Waals surface area (Å²) < 4.78 is 18.9. The van der Waals surface area contributed by atoms with E-state index in [2.05, 4.69) is 11.4 Å². The molecule has 1 aliphatic heterocycles. The zero-order valence-corrected chi connectivity index (χ0v) is 16.8. The van der Waals surface area contributed by atoms with Crippen molar-refractivity contribution >= 4 is 11.6 Å². The highest BCUT2D eigenvalue weighted by atomic mass is 19.1. The Labute approximate surface area is 170 Å². The maximum atomic E-state index is 13.6. The van der Waals surface area contributed by atoms with Gasteiger partial charge in [-0.15, -0.1) is 0 Å². The maximum absolute atomic E-state index is 13.6. The van der Waals surface area contributed by atoms with Crippen molar-refractivity contribution in [3.63, 3.8) is 0 Å². The van der Waals surface area contributed by atoms with Gasteiger partial charge in [0.05, 0.1) is 23.9 Å². The van der Waals surface area contributed by atoms with Crippen LogP contribution < -0.4 is 19.9 Å². The fourth-order valence-corrected chi connectivity index (χ4v) is 3.81. The molecule has 6 nitrogen and oxygen atoms in total. The quantitative estimate of drug-likeness (QED) is 0.642. The van der Waals surface area contributed by atoms with Crippen LogP contribution >= 0.6 is 0 Å². The first-order valence-electron chi connectivity index (χ1n) is 9.82. The highest BCUT2D eigenvalue weighted by molar-refractivity contribution is 5.94. The second-order valence-electron chi connectivity index (χ2n) is 7.41. The van der Waals surface area contributed by atoms with E-state index in [-0.39, 0.29) is 17.8 Å². The summed E-state index contributed by atoms with van der Waals surface area (Å²) in [6, 6.07) is 13.5. The zero-order chi connectivity index (χ0) is 20.8. The summed E-state index contributed by atoms with van der Waals surface area (Å²) >= 11 is 0. The lowest BCUT2D eigenvalue weighted by molar-refractivity contribution is -1.02. The first-order chi connectivity index (χ1) is 14.0. The summed E-state index contributed by atoms with van der Waals surface area (Å²) in [5.74, 6) is 0.364. The predicted octanol–water partition coefficient (Wildman–Crippen LogP) is 0.0166. The summed E-state index contributed by atoms with van der Waals surface area (Å²) in [6.07, 6.45) is 0. The first kappa shape index (κ1) is 20.8. The van der Waals surface area contributed by atoms with E-state index in [1.165, 1.54) is 21.9 Å². The van der Waals surface area contributed by atoms with Gasteiger partial charge in [0.15, 0.2) is 6.04 Å². The average molecular weight is 398 g/mol. The SMILES string of the molecule is COc1ccc(F)cc1C[NH+]1CC[NH+]([C@H](C)C(=O)Nc2ccccc2C#N)CC1. The maximum Gasteiger partial charge on any atom is 0.282 e. The molecule has 0 unspecified atom stereocenters. The minimum atomic E-state index is -0.257. The molecule has 0 radical (unpaired) electrons. The third kappa shape index (κ3) is 5.11. The van der Waals surface area contributed by atoms with Crippen molar-refractivity contribution in [2.75, 3.05) is 38.6 Å². The zero-order valence-electron chi connectivity index (χ0n) is 16.8. The molecule has 1 fully saturated rings. The van der Waals surface area contributed by atoms with Gasteiger partial charge in [-0.25, -0.2) is 4.39 Å². The molecule has 1 amide bonds. The van der Waals surface area contributed by atoms with E-state index in [1.807, 2.05) is 6.92 Å². The van der Waals surface area contributed by atoms with Crippen molar-refractivity contribution < 1.29 is 23.7 Å². The number of quaternary nitrogens is 2. The van der Waals surface area contributed by atoms with Gasteiger partial charge in [-0.05, 0) is 37.3 Å². The van der Waals surface area contributed by atoms with E-state index < -0.39 is 0 Å². The summed E-state index contributed by atoms with van der Waals surface area (Å²) in [5.41, 5.74) is 1.87. The number of nitrogens with zero attached hydrogens (tertiary/aromatic N) is 1. The number of carbonyl (C=O) groups excluding carboxylic acids is 1. The van der Waals surface area contributed by atoms with Crippen LogP contribution in [-0.4, -0.2) is 45.2 Å². The van der Waals surface area contributed by atoms with E-state index in [0.29, 0.717) is 23.5 Å². The fourth-order valence-electron chi connectivity index (χ4n) is 3.81. The molecule has 1 saturated heterocycles. The number of para-hydroxylation sites is 1. The minimum Gasteiger partial charge on any atom is -0.496 e. The Balaban J connectivity index is 1.55. The van der Waals surface area contributed by atoms with Gasteiger partial charge in [-0.2, -0.15) is 5.26 Å². The topological polar surface area (TPSA) is 71.0 Å². The Morgan fingerprint density at radius 2 is 1.97 bits per heavy atom. The van der Waals surface area contributed by atoms with Crippen LogP contribution in [0.1, 0.15) is 18.1 Å². The lowest BCUT2D eigenvalue weighted by atomic mass is 10.1. The number of anilines is 1. The second kappa shape index (κ2) is 9.50. The first-order valence-corrected chi connectivity index (χ1v) is 9.82. The number of carbonyl (C=O) groups is 1. The Hall–Kier alpha value is -2.95. The Morgan fingerprint density at radius 3 is 2.66 bits per heavy atom. The number of methoxy groups -OCH3 is 1. The van der Waals surface area contributed by atoms with Crippen LogP contribution in [0.25, 0.3) is 0 Å². The van der Waals surface area contributed by atoms with Gasteiger partial charge in [-0.1, -0.05) is 12.1 Å². The van der Waals surface area contributed by atoms with Crippen LogP contribution in [0, 0.1) is 17.1 Å². The number of nitrogens with one attached hydrogen (secondary N) is 3. The van der Waals surface area contributed by atoms with Crippen LogP contribution in [-0.2, 0) is 11.3 Å². The number of hydrogen-bond acceptors (Lipinski definition) is 3. The Kier molecular flexibility index (Phi) is 6.81. The molecular weight excluding hydrogens is 371 g/mol. The van der Waals surface area contributed by atoms with E-state index in [4.69, 9.17) is 4.74 Å². The number of nitriles is 1. The van der Waals surface area contributed by atoms with E-state index >= 15 is 0 Å². The lowest BCUT2D eigenvalue weighted by Gasteiger charge is -2.32. The van der Waals surface area contributed by atoms with Crippen molar-refractivity contribution in [3.8, 4) is 11.8 Å². The molecule has 0 bridgehead atoms. The van der Waals surface area contributed by atoms with E-state index in [9.17, 15) is 14.4 Å². The molecule has 1 atom stereocenters. The molecule has 7 heteroatoms. The van der Waals surface area contributed by atoms with Gasteiger partial charge in [0, 0.05) is 0 Å². The molecule has 2 aromatic rings. The molecule has 29 heavy (non-hydrogen) atoms. The smallest absolute Gasteiger partial charge is 0.282 e. The number of rotatable bonds is 6. The predicted molar refractivity (Wildman–Crippen MR) is 107 cm³/mol. The normalized spacial score (nSPS) is 19.8. The van der Waals surface area contributed by atoms with Gasteiger partial charge in [0.2, 0.25) is 0 Å². The standard InChI is InChI=1S/C22H25FN4O2/c1-16(22(28)25-20-6-4-3-5-17(20)14-24)27-11-9-26(10-12-27)15-18-13-19(23)7-8-21(18)29-2/h3-8,13,16H,9-12,15H2,1-2H3,(H,25,28)/p+2/t16-/m1/s1. The van der Waals surface area contributed by atoms with Crippen molar-refractivity contribution in [2.24, 2.45) is 0 Å². The largest absolute Gasteiger partial charge is 0.496 e. The third-order valence-electron chi connectivity index (χ3n) is 5.59. The monoisotopic (exact) mass is 398 g/mol. The third-order valence-corrected chi connectivity index (χ3v) is 5.59. The number of ether oxygens (including phenoxy) is 1. The molecule has 0 aliphatic carbocycles. The molecule has 3 N–H and O–H groups in total. The number of hydrogen-bond donors (Lipinski definition) is 3.